The number of phosphoric acid groups is 1. The summed E-state index contributed by atoms with van der Waals surface area (Å²) in [6, 6.07) is 0. The fourth-order valence-corrected chi connectivity index (χ4v) is 5.13. The molecule has 0 aliphatic carbocycles. The Bertz CT molecular complexity index is 1190. The molecule has 0 aromatic heterocycles. The largest absolute Gasteiger partial charge is 0.469 e. The maximum Gasteiger partial charge on any atom is 0.469 e. The minimum atomic E-state index is -4.80. The van der Waals surface area contributed by atoms with Crippen LogP contribution in [0.15, 0.2) is 97.2 Å². The van der Waals surface area contributed by atoms with Gasteiger partial charge in [-0.15, -0.1) is 0 Å². The van der Waals surface area contributed by atoms with E-state index in [4.69, 9.17) is 19.3 Å². The van der Waals surface area contributed by atoms with Crippen molar-refractivity contribution in [3.8, 4) is 0 Å². The number of carbonyl (C=O) groups excluding carboxylic acids is 2. The quantitative estimate of drug-likeness (QED) is 0.0192. The number of allylic oxidation sites excluding steroid dienone is 14. The van der Waals surface area contributed by atoms with Gasteiger partial charge in [0, 0.05) is 12.8 Å². The molecule has 10 heteroatoms. The highest BCUT2D eigenvalue weighted by molar-refractivity contribution is 7.46. The molecule has 0 saturated heterocycles. The Hall–Kier alpha value is -3.07. The predicted molar refractivity (Wildman–Crippen MR) is 217 cm³/mol. The van der Waals surface area contributed by atoms with Gasteiger partial charge in [0.1, 0.15) is 6.61 Å². The summed E-state index contributed by atoms with van der Waals surface area (Å²) in [6.45, 7) is 3.36. The molecule has 0 rings (SSSR count). The van der Waals surface area contributed by atoms with E-state index in [9.17, 15) is 19.3 Å². The summed E-state index contributed by atoms with van der Waals surface area (Å²) >= 11 is 0. The van der Waals surface area contributed by atoms with Crippen LogP contribution in [-0.4, -0.2) is 52.3 Å². The SMILES string of the molecule is CC/C=C\C/C=C\C/C=C\C/C=C\C=C/C(O)C/C=C\CCC(=O)OC[C@H](COP(=O)(O)O)OC(=O)CCCCCCC/C=C\C=C/CCCCCC. The van der Waals surface area contributed by atoms with Gasteiger partial charge in [-0.2, -0.15) is 0 Å². The van der Waals surface area contributed by atoms with Crippen molar-refractivity contribution in [3.05, 3.63) is 97.2 Å². The summed E-state index contributed by atoms with van der Waals surface area (Å²) in [4.78, 5) is 42.7. The number of ether oxygens (including phenoxy) is 2. The highest BCUT2D eigenvalue weighted by Crippen LogP contribution is 2.36. The topological polar surface area (TPSA) is 140 Å². The lowest BCUT2D eigenvalue weighted by atomic mass is 10.1. The molecule has 0 spiro atoms. The minimum Gasteiger partial charge on any atom is -0.462 e. The lowest BCUT2D eigenvalue weighted by Crippen LogP contribution is -2.29. The maximum atomic E-state index is 12.4. The molecule has 1 unspecified atom stereocenters. The molecule has 300 valence electrons. The van der Waals surface area contributed by atoms with Crippen LogP contribution in [0.4, 0.5) is 0 Å². The molecule has 3 N–H and O–H groups in total. The molecule has 0 saturated carbocycles. The van der Waals surface area contributed by atoms with Crippen LogP contribution in [0.3, 0.4) is 0 Å². The van der Waals surface area contributed by atoms with Crippen molar-refractivity contribution in [2.45, 2.75) is 148 Å². The number of hydrogen-bond donors (Lipinski definition) is 3. The zero-order chi connectivity index (χ0) is 39.1. The molecule has 0 aliphatic heterocycles. The number of carbonyl (C=O) groups is 2. The van der Waals surface area contributed by atoms with Crippen LogP contribution >= 0.6 is 7.82 Å². The van der Waals surface area contributed by atoms with E-state index >= 15 is 0 Å². The predicted octanol–water partition coefficient (Wildman–Crippen LogP) is 10.8. The Morgan fingerprint density at radius 3 is 1.83 bits per heavy atom. The van der Waals surface area contributed by atoms with Crippen molar-refractivity contribution in [2.75, 3.05) is 13.2 Å². The van der Waals surface area contributed by atoms with Crippen molar-refractivity contribution >= 4 is 19.8 Å². The molecular formula is C43H69O9P. The van der Waals surface area contributed by atoms with E-state index in [-0.39, 0.29) is 19.4 Å². The average molecular weight is 761 g/mol. The third-order valence-corrected chi connectivity index (χ3v) is 8.19. The zero-order valence-electron chi connectivity index (χ0n) is 32.5. The molecule has 0 amide bonds. The van der Waals surface area contributed by atoms with Crippen LogP contribution in [0.2, 0.25) is 0 Å². The summed E-state index contributed by atoms with van der Waals surface area (Å²) in [5, 5.41) is 10.1. The van der Waals surface area contributed by atoms with Gasteiger partial charge in [-0.3, -0.25) is 14.1 Å². The molecule has 0 radical (unpaired) electrons. The van der Waals surface area contributed by atoms with Crippen molar-refractivity contribution in [2.24, 2.45) is 0 Å². The second kappa shape index (κ2) is 37.3. The molecule has 9 nitrogen and oxygen atoms in total. The lowest BCUT2D eigenvalue weighted by molar-refractivity contribution is -0.161. The fraction of sp³-hybridized carbons (Fsp3) is 0.581. The van der Waals surface area contributed by atoms with E-state index in [1.54, 1.807) is 24.3 Å². The van der Waals surface area contributed by atoms with Crippen LogP contribution in [0.25, 0.3) is 0 Å². The molecule has 0 fully saturated rings. The summed E-state index contributed by atoms with van der Waals surface area (Å²) in [6.07, 6.45) is 47.3. The fourth-order valence-electron chi connectivity index (χ4n) is 4.77. The third kappa shape index (κ3) is 40.0. The Morgan fingerprint density at radius 2 is 1.19 bits per heavy atom. The van der Waals surface area contributed by atoms with Gasteiger partial charge < -0.3 is 24.4 Å². The van der Waals surface area contributed by atoms with Gasteiger partial charge in [0.2, 0.25) is 0 Å². The number of rotatable bonds is 34. The van der Waals surface area contributed by atoms with E-state index in [1.807, 2.05) is 12.2 Å². The van der Waals surface area contributed by atoms with Gasteiger partial charge in [0.05, 0.1) is 12.7 Å². The van der Waals surface area contributed by atoms with E-state index in [0.29, 0.717) is 19.3 Å². The second-order valence-electron chi connectivity index (χ2n) is 12.7. The van der Waals surface area contributed by atoms with Gasteiger partial charge in [-0.25, -0.2) is 4.57 Å². The Labute approximate surface area is 320 Å². The maximum absolute atomic E-state index is 12.4. The summed E-state index contributed by atoms with van der Waals surface area (Å²) in [7, 11) is -4.80. The van der Waals surface area contributed by atoms with Crippen molar-refractivity contribution in [1.82, 2.24) is 0 Å². The molecule has 53 heavy (non-hydrogen) atoms. The standard InChI is InChI=1S/C43H69O9P/c1-3-5-7-9-11-13-15-17-18-20-22-24-26-28-32-37-43(46)52-41(39-51-53(47,48)49)38-50-42(45)36-33-29-31-35-40(44)34-30-27-25-23-21-19-16-14-12-10-8-6-4-2/h6,8,12-15,17-19,21,25,27,29-31,34,40-41,44H,3-5,7,9-11,16,20,22-24,26,28,32-33,35-39H2,1-2H3,(H2,47,48,49)/b8-6-,14-12-,15-13-,18-17-,21-19-,27-25-,31-29-,34-30-/t40?,41-/m1/s1. The third-order valence-electron chi connectivity index (χ3n) is 7.71. The van der Waals surface area contributed by atoms with Gasteiger partial charge in [0.25, 0.3) is 0 Å². The first-order valence-electron chi connectivity index (χ1n) is 19.7. The van der Waals surface area contributed by atoms with Crippen molar-refractivity contribution < 1.29 is 43.0 Å². The van der Waals surface area contributed by atoms with Gasteiger partial charge in [-0.05, 0) is 70.6 Å². The van der Waals surface area contributed by atoms with Crippen molar-refractivity contribution in [1.29, 1.82) is 0 Å². The lowest BCUT2D eigenvalue weighted by Gasteiger charge is -2.18. The first-order chi connectivity index (χ1) is 25.7. The first-order valence-corrected chi connectivity index (χ1v) is 21.2. The van der Waals surface area contributed by atoms with Crippen molar-refractivity contribution in [3.63, 3.8) is 0 Å². The van der Waals surface area contributed by atoms with Crippen LogP contribution in [0.5, 0.6) is 0 Å². The van der Waals surface area contributed by atoms with Crippen LogP contribution in [0, 0.1) is 0 Å². The number of esters is 2. The van der Waals surface area contributed by atoms with Gasteiger partial charge >= 0.3 is 19.8 Å². The molecule has 0 aromatic carbocycles. The Balaban J connectivity index is 4.23. The molecule has 2 atom stereocenters. The second-order valence-corrected chi connectivity index (χ2v) is 14.0. The molecule has 0 aromatic rings. The monoisotopic (exact) mass is 760 g/mol. The highest BCUT2D eigenvalue weighted by Gasteiger charge is 2.22. The first kappa shape index (κ1) is 49.9. The van der Waals surface area contributed by atoms with Gasteiger partial charge in [0.15, 0.2) is 6.10 Å². The zero-order valence-corrected chi connectivity index (χ0v) is 33.4. The summed E-state index contributed by atoms with van der Waals surface area (Å²) in [5.41, 5.74) is 0. The number of phosphoric ester groups is 1. The average Bonchev–Trinajstić information content (AvgIpc) is 3.12. The van der Waals surface area contributed by atoms with E-state index in [1.165, 1.54) is 25.7 Å². The van der Waals surface area contributed by atoms with Crippen LogP contribution < -0.4 is 0 Å². The van der Waals surface area contributed by atoms with Crippen LogP contribution in [0.1, 0.15) is 136 Å². The van der Waals surface area contributed by atoms with E-state index in [0.717, 1.165) is 64.2 Å². The number of hydrogen-bond acceptors (Lipinski definition) is 7. The normalized spacial score (nSPS) is 14.1. The molecule has 0 aliphatic rings. The number of unbranched alkanes of at least 4 members (excludes halogenated alkanes) is 9. The molecule has 0 bridgehead atoms. The van der Waals surface area contributed by atoms with Gasteiger partial charge in [-0.1, -0.05) is 150 Å². The molecular weight excluding hydrogens is 691 g/mol. The summed E-state index contributed by atoms with van der Waals surface area (Å²) in [5.74, 6) is -1.10. The van der Waals surface area contributed by atoms with E-state index < -0.39 is 38.6 Å². The minimum absolute atomic E-state index is 0.0516. The van der Waals surface area contributed by atoms with Crippen LogP contribution in [-0.2, 0) is 28.2 Å². The van der Waals surface area contributed by atoms with E-state index in [2.05, 4.69) is 79.1 Å². The highest BCUT2D eigenvalue weighted by atomic mass is 31.2. The summed E-state index contributed by atoms with van der Waals surface area (Å²) < 4.78 is 26.2. The number of aliphatic hydroxyl groups is 1. The Kier molecular flexibility index (Phi) is 35.1. The molecule has 0 heterocycles. The smallest absolute Gasteiger partial charge is 0.462 e. The number of aliphatic hydroxyl groups excluding tert-OH is 1. The Morgan fingerprint density at radius 1 is 0.604 bits per heavy atom.